The zero-order chi connectivity index (χ0) is 45.9. The van der Waals surface area contributed by atoms with Gasteiger partial charge in [-0.2, -0.15) is 0 Å². The van der Waals surface area contributed by atoms with Gasteiger partial charge >= 0.3 is 0 Å². The van der Waals surface area contributed by atoms with Gasteiger partial charge in [-0.05, 0) is 89.0 Å². The van der Waals surface area contributed by atoms with Crippen molar-refractivity contribution in [2.24, 2.45) is 0 Å². The van der Waals surface area contributed by atoms with Crippen LogP contribution in [0, 0.1) is 0 Å². The molecule has 0 aromatic heterocycles. The topological polar surface area (TPSA) is 3.24 Å². The van der Waals surface area contributed by atoms with Crippen molar-refractivity contribution in [2.75, 3.05) is 4.90 Å². The van der Waals surface area contributed by atoms with Gasteiger partial charge in [0, 0.05) is 5.69 Å². The highest BCUT2D eigenvalue weighted by atomic mass is 15.3. The molecule has 1 heterocycles. The Hall–Kier alpha value is -8.52. The normalized spacial score (nSPS) is 15.7. The van der Waals surface area contributed by atoms with Crippen LogP contribution in [-0.2, 0) is 21.9 Å². The lowest BCUT2D eigenvalue weighted by atomic mass is 9.41. The van der Waals surface area contributed by atoms with E-state index in [-0.39, 0.29) is 0 Å². The smallest absolute Gasteiger partial charge is 0.107 e. The van der Waals surface area contributed by atoms with Crippen molar-refractivity contribution in [3.05, 3.63) is 342 Å². The Kier molecular flexibility index (Phi) is 9.49. The van der Waals surface area contributed by atoms with Crippen LogP contribution < -0.4 is 4.90 Å². The first-order chi connectivity index (χ1) is 34.3. The van der Waals surface area contributed by atoms with Crippen LogP contribution in [0.5, 0.6) is 0 Å². The molecule has 12 aromatic rings. The third kappa shape index (κ3) is 5.42. The van der Waals surface area contributed by atoms with Crippen LogP contribution in [0.25, 0.3) is 32.3 Å². The van der Waals surface area contributed by atoms with Gasteiger partial charge in [0.1, 0.15) is 11.1 Å². The summed E-state index contributed by atoms with van der Waals surface area (Å²) in [7, 11) is 0. The number of anilines is 1. The summed E-state index contributed by atoms with van der Waals surface area (Å²) in [6.07, 6.45) is 0. The number of rotatable bonds is 9. The van der Waals surface area contributed by atoms with Crippen LogP contribution in [0.15, 0.2) is 297 Å². The highest BCUT2D eigenvalue weighted by Gasteiger charge is 2.84. The van der Waals surface area contributed by atoms with Gasteiger partial charge in [0.25, 0.3) is 0 Å². The number of hydrogen-bond donors (Lipinski definition) is 0. The van der Waals surface area contributed by atoms with Gasteiger partial charge in [0.15, 0.2) is 0 Å². The van der Waals surface area contributed by atoms with E-state index in [0.717, 1.165) is 5.69 Å². The second-order valence-electron chi connectivity index (χ2n) is 18.7. The quantitative estimate of drug-likeness (QED) is 0.131. The summed E-state index contributed by atoms with van der Waals surface area (Å²) in [5.74, 6) is 0. The molecule has 326 valence electrons. The van der Waals surface area contributed by atoms with Gasteiger partial charge in [-0.15, -0.1) is 0 Å². The van der Waals surface area contributed by atoms with Crippen LogP contribution in [0.3, 0.4) is 0 Å². The fourth-order valence-corrected chi connectivity index (χ4v) is 13.6. The van der Waals surface area contributed by atoms with Crippen LogP contribution in [0.2, 0.25) is 0 Å². The minimum Gasteiger partial charge on any atom is -0.341 e. The molecule has 0 N–H and O–H groups in total. The van der Waals surface area contributed by atoms with E-state index in [1.807, 2.05) is 0 Å². The zero-order valence-corrected chi connectivity index (χ0v) is 38.2. The van der Waals surface area contributed by atoms with E-state index in [2.05, 4.69) is 302 Å². The summed E-state index contributed by atoms with van der Waals surface area (Å²) in [4.78, 5) is 2.93. The van der Waals surface area contributed by atoms with E-state index >= 15 is 0 Å². The van der Waals surface area contributed by atoms with Crippen molar-refractivity contribution in [2.45, 2.75) is 21.9 Å². The average Bonchev–Trinajstić information content (AvgIpc) is 3.68. The van der Waals surface area contributed by atoms with Crippen molar-refractivity contribution >= 4 is 38.0 Å². The van der Waals surface area contributed by atoms with Crippen LogP contribution in [0.1, 0.15) is 44.5 Å². The standard InChI is InChI=1S/C68H49N/c1-9-28-54(29-10-1)65(55-30-11-2-12-31-55)66(56-32-13-3-14-33-56,57-34-15-4-16-35-57)68(60-40-21-7-22-41-60,61-42-23-8-24-43-61)69(67(65,58-36-17-5-18-37-58)59-38-19-6-20-39-59)62-48-52-46-44-50-26-25-27-51-45-47-53(49-62)64(52)63(50)51/h1-49H. The van der Waals surface area contributed by atoms with E-state index in [9.17, 15) is 0 Å². The molecule has 0 saturated carbocycles. The van der Waals surface area contributed by atoms with Gasteiger partial charge in [-0.1, -0.05) is 285 Å². The first kappa shape index (κ1) is 40.7. The average molecular weight is 880 g/mol. The van der Waals surface area contributed by atoms with Gasteiger partial charge in [-0.3, -0.25) is 0 Å². The number of nitrogens with zero attached hydrogens (tertiary/aromatic N) is 1. The highest BCUT2D eigenvalue weighted by Crippen LogP contribution is 2.79. The highest BCUT2D eigenvalue weighted by molar-refractivity contribution is 6.23. The molecule has 1 saturated heterocycles. The lowest BCUT2D eigenvalue weighted by Crippen LogP contribution is -2.62. The number of benzene rings is 12. The molecule has 0 aliphatic carbocycles. The molecule has 0 bridgehead atoms. The maximum atomic E-state index is 2.93. The maximum absolute atomic E-state index is 2.93. The van der Waals surface area contributed by atoms with Gasteiger partial charge < -0.3 is 4.90 Å². The van der Waals surface area contributed by atoms with Crippen LogP contribution >= 0.6 is 0 Å². The maximum Gasteiger partial charge on any atom is 0.107 e. The monoisotopic (exact) mass is 879 g/mol. The third-order valence-corrected chi connectivity index (χ3v) is 15.6. The fourth-order valence-electron chi connectivity index (χ4n) is 13.6. The van der Waals surface area contributed by atoms with Crippen LogP contribution in [0.4, 0.5) is 5.69 Å². The molecule has 69 heavy (non-hydrogen) atoms. The Morgan fingerprint density at radius 2 is 0.435 bits per heavy atom. The Morgan fingerprint density at radius 1 is 0.203 bits per heavy atom. The SMILES string of the molecule is c1ccc(C2(c3ccccc3)N(c3cc4ccc5cccc6ccc(c3)c4c56)C(c3ccccc3)(c3ccccc3)C(c3ccccc3)(c3ccccc3)C2(c2ccccc2)c2ccccc2)cc1. The van der Waals surface area contributed by atoms with Crippen molar-refractivity contribution in [1.29, 1.82) is 0 Å². The predicted molar refractivity (Wildman–Crippen MR) is 287 cm³/mol. The summed E-state index contributed by atoms with van der Waals surface area (Å²) >= 11 is 0. The third-order valence-electron chi connectivity index (χ3n) is 15.6. The predicted octanol–water partition coefficient (Wildman–Crippen LogP) is 16.3. The molecule has 13 rings (SSSR count). The van der Waals surface area contributed by atoms with Gasteiger partial charge in [-0.25, -0.2) is 0 Å². The summed E-state index contributed by atoms with van der Waals surface area (Å²) < 4.78 is 0. The first-order valence-corrected chi connectivity index (χ1v) is 24.2. The van der Waals surface area contributed by atoms with Gasteiger partial charge in [0.05, 0.1) is 10.8 Å². The van der Waals surface area contributed by atoms with E-state index in [0.29, 0.717) is 0 Å². The molecule has 0 radical (unpaired) electrons. The fraction of sp³-hybridized carbons (Fsp3) is 0.0588. The van der Waals surface area contributed by atoms with E-state index in [1.165, 1.54) is 76.8 Å². The molecule has 0 spiro atoms. The molecule has 0 atom stereocenters. The van der Waals surface area contributed by atoms with E-state index < -0.39 is 21.9 Å². The summed E-state index contributed by atoms with van der Waals surface area (Å²) in [5, 5.41) is 7.52. The lowest BCUT2D eigenvalue weighted by Gasteiger charge is -2.57. The number of hydrogen-bond acceptors (Lipinski definition) is 1. The Bertz CT molecular complexity index is 3290. The molecular formula is C68H49N. The minimum absolute atomic E-state index is 1.00. The molecule has 1 heteroatoms. The van der Waals surface area contributed by atoms with Crippen molar-refractivity contribution < 1.29 is 0 Å². The first-order valence-electron chi connectivity index (χ1n) is 24.2. The Morgan fingerprint density at radius 3 is 0.710 bits per heavy atom. The van der Waals surface area contributed by atoms with E-state index in [1.54, 1.807) is 0 Å². The van der Waals surface area contributed by atoms with Crippen LogP contribution in [-0.4, -0.2) is 0 Å². The molecular weight excluding hydrogens is 831 g/mol. The molecule has 1 aliphatic heterocycles. The van der Waals surface area contributed by atoms with E-state index in [4.69, 9.17) is 0 Å². The lowest BCUT2D eigenvalue weighted by molar-refractivity contribution is 0.245. The second kappa shape index (κ2) is 16.1. The van der Waals surface area contributed by atoms with Gasteiger partial charge in [0.2, 0.25) is 0 Å². The second-order valence-corrected chi connectivity index (χ2v) is 18.7. The van der Waals surface area contributed by atoms with Crippen molar-refractivity contribution in [3.63, 3.8) is 0 Å². The summed E-state index contributed by atoms with van der Waals surface area (Å²) in [6.45, 7) is 0. The largest absolute Gasteiger partial charge is 0.341 e. The molecule has 12 aromatic carbocycles. The molecule has 0 amide bonds. The van der Waals surface area contributed by atoms with Crippen molar-refractivity contribution in [1.82, 2.24) is 0 Å². The van der Waals surface area contributed by atoms with Crippen molar-refractivity contribution in [3.8, 4) is 0 Å². The zero-order valence-electron chi connectivity index (χ0n) is 38.2. The molecule has 1 aliphatic rings. The Labute approximate surface area is 404 Å². The molecule has 0 unspecified atom stereocenters. The minimum atomic E-state index is -1.05. The summed E-state index contributed by atoms with van der Waals surface area (Å²) in [5.41, 5.74) is 6.55. The Balaban J connectivity index is 1.42. The summed E-state index contributed by atoms with van der Waals surface area (Å²) in [6, 6.07) is 113. The molecule has 1 nitrogen and oxygen atoms in total. The molecule has 1 fully saturated rings.